The molecule has 0 aliphatic carbocycles. The maximum atomic E-state index is 12.0. The molecule has 0 saturated heterocycles. The first-order valence-electron chi connectivity index (χ1n) is 7.10. The van der Waals surface area contributed by atoms with E-state index in [1.165, 1.54) is 19.2 Å². The van der Waals surface area contributed by atoms with E-state index in [4.69, 9.17) is 16.3 Å². The number of ether oxygens (including phenoxy) is 1. The lowest BCUT2D eigenvalue weighted by Crippen LogP contribution is -2.14. The van der Waals surface area contributed by atoms with Crippen molar-refractivity contribution in [3.63, 3.8) is 0 Å². The molecule has 0 spiro atoms. The van der Waals surface area contributed by atoms with Crippen molar-refractivity contribution >= 4 is 33.3 Å². The van der Waals surface area contributed by atoms with Crippen molar-refractivity contribution in [2.75, 3.05) is 18.1 Å². The summed E-state index contributed by atoms with van der Waals surface area (Å²) in [6.07, 6.45) is 0.980. The van der Waals surface area contributed by atoms with Crippen molar-refractivity contribution in [3.8, 4) is 6.07 Å². The highest BCUT2D eigenvalue weighted by molar-refractivity contribution is 7.92. The fourth-order valence-corrected chi connectivity index (χ4v) is 3.01. The standard InChI is InChI=1S/C17H15ClN2O4S/c1-24-17(21)14-9-12(5-8-16(14)20-25(2,22)23)15(10-19)11-3-6-13(18)7-4-11/h3-9,15,20H,1-2H3. The third-order valence-electron chi connectivity index (χ3n) is 3.41. The molecule has 1 atom stereocenters. The summed E-state index contributed by atoms with van der Waals surface area (Å²) in [5, 5.41) is 10.1. The van der Waals surface area contributed by atoms with Crippen molar-refractivity contribution < 1.29 is 17.9 Å². The van der Waals surface area contributed by atoms with Gasteiger partial charge in [0.15, 0.2) is 0 Å². The molecule has 0 aliphatic rings. The largest absolute Gasteiger partial charge is 0.465 e. The monoisotopic (exact) mass is 378 g/mol. The zero-order valence-corrected chi connectivity index (χ0v) is 15.1. The van der Waals surface area contributed by atoms with Gasteiger partial charge >= 0.3 is 5.97 Å². The Morgan fingerprint density at radius 2 is 1.80 bits per heavy atom. The fourth-order valence-electron chi connectivity index (χ4n) is 2.31. The van der Waals surface area contributed by atoms with Gasteiger partial charge in [-0.3, -0.25) is 4.72 Å². The Kier molecular flexibility index (Phi) is 5.67. The van der Waals surface area contributed by atoms with Gasteiger partial charge in [0, 0.05) is 5.02 Å². The van der Waals surface area contributed by atoms with E-state index in [1.807, 2.05) is 0 Å². The van der Waals surface area contributed by atoms with E-state index in [9.17, 15) is 18.5 Å². The third-order valence-corrected chi connectivity index (χ3v) is 4.25. The number of carbonyl (C=O) groups is 1. The van der Waals surface area contributed by atoms with Crippen molar-refractivity contribution in [1.82, 2.24) is 0 Å². The molecule has 0 radical (unpaired) electrons. The zero-order valence-electron chi connectivity index (χ0n) is 13.5. The number of carbonyl (C=O) groups excluding carboxylic acids is 1. The lowest BCUT2D eigenvalue weighted by atomic mass is 9.91. The van der Waals surface area contributed by atoms with Crippen molar-refractivity contribution in [2.45, 2.75) is 5.92 Å². The van der Waals surface area contributed by atoms with Gasteiger partial charge in [-0.05, 0) is 35.4 Å². The van der Waals surface area contributed by atoms with Gasteiger partial charge in [0.1, 0.15) is 0 Å². The molecule has 0 saturated carbocycles. The first-order chi connectivity index (χ1) is 11.7. The molecule has 2 rings (SSSR count). The van der Waals surface area contributed by atoms with Crippen LogP contribution in [0.15, 0.2) is 42.5 Å². The summed E-state index contributed by atoms with van der Waals surface area (Å²) in [6, 6.07) is 13.4. The SMILES string of the molecule is COC(=O)c1cc(C(C#N)c2ccc(Cl)cc2)ccc1NS(C)(=O)=O. The van der Waals surface area contributed by atoms with E-state index in [0.717, 1.165) is 6.26 Å². The number of hydrogen-bond acceptors (Lipinski definition) is 5. The van der Waals surface area contributed by atoms with Gasteiger partial charge in [0.05, 0.1) is 36.6 Å². The van der Waals surface area contributed by atoms with Gasteiger partial charge in [-0.25, -0.2) is 13.2 Å². The molecule has 0 aliphatic heterocycles. The fraction of sp³-hybridized carbons (Fsp3) is 0.176. The Morgan fingerprint density at radius 3 is 2.32 bits per heavy atom. The number of hydrogen-bond donors (Lipinski definition) is 1. The summed E-state index contributed by atoms with van der Waals surface area (Å²) in [4.78, 5) is 12.0. The van der Waals surface area contributed by atoms with Gasteiger partial charge in [-0.2, -0.15) is 5.26 Å². The Morgan fingerprint density at radius 1 is 1.20 bits per heavy atom. The van der Waals surface area contributed by atoms with E-state index in [2.05, 4.69) is 10.8 Å². The van der Waals surface area contributed by atoms with Crippen LogP contribution in [0, 0.1) is 11.3 Å². The average Bonchev–Trinajstić information content (AvgIpc) is 2.56. The average molecular weight is 379 g/mol. The molecule has 0 aromatic heterocycles. The summed E-state index contributed by atoms with van der Waals surface area (Å²) >= 11 is 5.86. The minimum absolute atomic E-state index is 0.0274. The number of benzene rings is 2. The minimum atomic E-state index is -3.57. The molecule has 2 aromatic rings. The highest BCUT2D eigenvalue weighted by atomic mass is 35.5. The van der Waals surface area contributed by atoms with Crippen LogP contribution in [0.1, 0.15) is 27.4 Å². The van der Waals surface area contributed by atoms with Gasteiger partial charge in [-0.15, -0.1) is 0 Å². The molecule has 0 fully saturated rings. The number of halogens is 1. The third kappa shape index (κ3) is 4.72. The predicted octanol–water partition coefficient (Wildman–Crippen LogP) is 3.15. The van der Waals surface area contributed by atoms with Gasteiger partial charge < -0.3 is 4.74 Å². The molecule has 0 heterocycles. The lowest BCUT2D eigenvalue weighted by Gasteiger charge is -2.14. The van der Waals surface area contributed by atoms with Crippen LogP contribution >= 0.6 is 11.6 Å². The molecular formula is C17H15ClN2O4S. The number of methoxy groups -OCH3 is 1. The van der Waals surface area contributed by atoms with Crippen molar-refractivity contribution in [2.24, 2.45) is 0 Å². The zero-order chi connectivity index (χ0) is 18.6. The smallest absolute Gasteiger partial charge is 0.340 e. The minimum Gasteiger partial charge on any atom is -0.465 e. The number of nitrogens with zero attached hydrogens (tertiary/aromatic N) is 1. The van der Waals surface area contributed by atoms with Crippen LogP contribution in [0.5, 0.6) is 0 Å². The van der Waals surface area contributed by atoms with Crippen LogP contribution < -0.4 is 4.72 Å². The van der Waals surface area contributed by atoms with Crippen LogP contribution in [0.2, 0.25) is 5.02 Å². The molecule has 25 heavy (non-hydrogen) atoms. The summed E-state index contributed by atoms with van der Waals surface area (Å²) in [5.41, 5.74) is 1.35. The predicted molar refractivity (Wildman–Crippen MR) is 95.2 cm³/mol. The lowest BCUT2D eigenvalue weighted by molar-refractivity contribution is 0.0602. The number of nitriles is 1. The van der Waals surface area contributed by atoms with E-state index < -0.39 is 21.9 Å². The summed E-state index contributed by atoms with van der Waals surface area (Å²) < 4.78 is 29.9. The molecule has 0 amide bonds. The summed E-state index contributed by atoms with van der Waals surface area (Å²) in [7, 11) is -2.38. The molecule has 6 nitrogen and oxygen atoms in total. The van der Waals surface area contributed by atoms with Gasteiger partial charge in [0.25, 0.3) is 0 Å². The molecule has 1 unspecified atom stereocenters. The molecule has 2 aromatic carbocycles. The number of sulfonamides is 1. The number of esters is 1. The van der Waals surface area contributed by atoms with Gasteiger partial charge in [0.2, 0.25) is 10.0 Å². The number of nitrogens with one attached hydrogen (secondary N) is 1. The van der Waals surface area contributed by atoms with Crippen molar-refractivity contribution in [1.29, 1.82) is 5.26 Å². The second-order valence-corrected chi connectivity index (χ2v) is 7.47. The molecular weight excluding hydrogens is 364 g/mol. The van der Waals surface area contributed by atoms with Crippen LogP contribution in [-0.2, 0) is 14.8 Å². The van der Waals surface area contributed by atoms with E-state index in [0.29, 0.717) is 16.1 Å². The Labute approximate surface area is 151 Å². The second-order valence-electron chi connectivity index (χ2n) is 5.28. The Balaban J connectivity index is 2.53. The van der Waals surface area contributed by atoms with E-state index in [1.54, 1.807) is 30.3 Å². The topological polar surface area (TPSA) is 96.3 Å². The molecule has 8 heteroatoms. The molecule has 1 N–H and O–H groups in total. The normalized spacial score (nSPS) is 12.1. The quantitative estimate of drug-likeness (QED) is 0.806. The number of rotatable bonds is 5. The molecule has 130 valence electrons. The van der Waals surface area contributed by atoms with Gasteiger partial charge in [-0.1, -0.05) is 29.8 Å². The second kappa shape index (κ2) is 7.55. The Hall–Kier alpha value is -2.56. The van der Waals surface area contributed by atoms with Crippen LogP contribution in [0.3, 0.4) is 0 Å². The summed E-state index contributed by atoms with van der Waals surface area (Å²) in [6.45, 7) is 0. The van der Waals surface area contributed by atoms with E-state index in [-0.39, 0.29) is 11.3 Å². The maximum Gasteiger partial charge on any atom is 0.340 e. The molecule has 0 bridgehead atoms. The number of anilines is 1. The van der Waals surface area contributed by atoms with Crippen LogP contribution in [0.4, 0.5) is 5.69 Å². The summed E-state index contributed by atoms with van der Waals surface area (Å²) in [5.74, 6) is -1.35. The van der Waals surface area contributed by atoms with Crippen LogP contribution in [-0.4, -0.2) is 27.8 Å². The first kappa shape index (κ1) is 18.8. The first-order valence-corrected chi connectivity index (χ1v) is 9.37. The highest BCUT2D eigenvalue weighted by Crippen LogP contribution is 2.29. The van der Waals surface area contributed by atoms with Crippen LogP contribution in [0.25, 0.3) is 0 Å². The van der Waals surface area contributed by atoms with E-state index >= 15 is 0 Å². The Bertz CT molecular complexity index is 934. The van der Waals surface area contributed by atoms with Crippen molar-refractivity contribution in [3.05, 3.63) is 64.2 Å². The highest BCUT2D eigenvalue weighted by Gasteiger charge is 2.20. The maximum absolute atomic E-state index is 12.0.